The molecule has 1 aliphatic carbocycles. The molecule has 3 aliphatic rings. The number of aliphatic hydroxyl groups is 1. The van der Waals surface area contributed by atoms with Crippen molar-refractivity contribution in [3.05, 3.63) is 0 Å². The molecule has 0 radical (unpaired) electrons. The zero-order chi connectivity index (χ0) is 14.8. The van der Waals surface area contributed by atoms with Gasteiger partial charge in [0, 0.05) is 19.6 Å². The summed E-state index contributed by atoms with van der Waals surface area (Å²) >= 11 is 0. The largest absolute Gasteiger partial charge is 0.390 e. The summed E-state index contributed by atoms with van der Waals surface area (Å²) in [7, 11) is 0. The van der Waals surface area contributed by atoms with Gasteiger partial charge >= 0.3 is 0 Å². The van der Waals surface area contributed by atoms with Gasteiger partial charge in [-0.1, -0.05) is 32.6 Å². The van der Waals surface area contributed by atoms with Crippen molar-refractivity contribution in [2.45, 2.75) is 82.3 Å². The average molecular weight is 296 g/mol. The zero-order valence-corrected chi connectivity index (χ0v) is 13.6. The van der Waals surface area contributed by atoms with Crippen LogP contribution in [-0.4, -0.2) is 36.1 Å². The Morgan fingerprint density at radius 2 is 2.00 bits per heavy atom. The van der Waals surface area contributed by atoms with Gasteiger partial charge in [-0.15, -0.1) is 0 Å². The molecule has 0 aromatic heterocycles. The van der Waals surface area contributed by atoms with Crippen molar-refractivity contribution in [3.8, 4) is 0 Å². The number of ether oxygens (including phenoxy) is 2. The molecule has 3 heteroatoms. The first-order chi connectivity index (χ1) is 10.2. The molecule has 3 fully saturated rings. The fourth-order valence-corrected chi connectivity index (χ4v) is 4.88. The van der Waals surface area contributed by atoms with Crippen molar-refractivity contribution in [1.29, 1.82) is 0 Å². The predicted molar refractivity (Wildman–Crippen MR) is 83.3 cm³/mol. The molecule has 2 saturated heterocycles. The molecule has 21 heavy (non-hydrogen) atoms. The third kappa shape index (κ3) is 3.46. The van der Waals surface area contributed by atoms with E-state index < -0.39 is 5.60 Å². The van der Waals surface area contributed by atoms with Gasteiger partial charge in [0.2, 0.25) is 0 Å². The molecule has 0 bridgehead atoms. The van der Waals surface area contributed by atoms with Crippen LogP contribution in [0.25, 0.3) is 0 Å². The first-order valence-electron chi connectivity index (χ1n) is 9.10. The van der Waals surface area contributed by atoms with Gasteiger partial charge < -0.3 is 14.6 Å². The van der Waals surface area contributed by atoms with Gasteiger partial charge in [0.05, 0.1) is 17.8 Å². The smallest absolute Gasteiger partial charge is 0.0940 e. The molecule has 3 nitrogen and oxygen atoms in total. The first-order valence-corrected chi connectivity index (χ1v) is 9.10. The Labute approximate surface area is 129 Å². The van der Waals surface area contributed by atoms with Crippen molar-refractivity contribution in [1.82, 2.24) is 0 Å². The maximum Gasteiger partial charge on any atom is 0.0940 e. The summed E-state index contributed by atoms with van der Waals surface area (Å²) in [5, 5.41) is 11.3. The third-order valence-corrected chi connectivity index (χ3v) is 6.22. The van der Waals surface area contributed by atoms with Crippen LogP contribution < -0.4 is 0 Å². The molecule has 2 heterocycles. The Balaban J connectivity index is 1.64. The highest BCUT2D eigenvalue weighted by molar-refractivity contribution is 4.98. The summed E-state index contributed by atoms with van der Waals surface area (Å²) in [5.41, 5.74) is -0.518. The molecule has 1 saturated carbocycles. The molecule has 0 aromatic rings. The van der Waals surface area contributed by atoms with Crippen molar-refractivity contribution in [2.75, 3.05) is 19.8 Å². The van der Waals surface area contributed by atoms with Crippen molar-refractivity contribution in [2.24, 2.45) is 11.8 Å². The van der Waals surface area contributed by atoms with E-state index in [1.165, 1.54) is 32.1 Å². The van der Waals surface area contributed by atoms with E-state index in [1.54, 1.807) is 0 Å². The minimum absolute atomic E-state index is 0.0756. The molecule has 1 spiro atoms. The molecular formula is C18H32O3. The van der Waals surface area contributed by atoms with E-state index in [1.807, 2.05) is 0 Å². The lowest BCUT2D eigenvalue weighted by molar-refractivity contribution is -0.146. The van der Waals surface area contributed by atoms with Crippen LogP contribution in [0.5, 0.6) is 0 Å². The van der Waals surface area contributed by atoms with Gasteiger partial charge in [0.1, 0.15) is 0 Å². The predicted octanol–water partition coefficient (Wildman–Crippen LogP) is 3.68. The first kappa shape index (κ1) is 15.8. The van der Waals surface area contributed by atoms with Crippen molar-refractivity contribution < 1.29 is 14.6 Å². The molecule has 0 amide bonds. The lowest BCUT2D eigenvalue weighted by Crippen LogP contribution is -2.48. The highest BCUT2D eigenvalue weighted by Crippen LogP contribution is 2.45. The van der Waals surface area contributed by atoms with Crippen LogP contribution >= 0.6 is 0 Å². The Hall–Kier alpha value is -0.120. The summed E-state index contributed by atoms with van der Waals surface area (Å²) in [6, 6.07) is 0. The normalized spacial score (nSPS) is 44.9. The maximum atomic E-state index is 11.3. The third-order valence-electron chi connectivity index (χ3n) is 6.22. The van der Waals surface area contributed by atoms with Crippen LogP contribution in [0.15, 0.2) is 0 Å². The average Bonchev–Trinajstić information content (AvgIpc) is 2.83. The minimum atomic E-state index is -0.443. The molecule has 122 valence electrons. The van der Waals surface area contributed by atoms with Crippen LogP contribution in [0, 0.1) is 11.8 Å². The topological polar surface area (TPSA) is 38.7 Å². The number of rotatable bonds is 3. The van der Waals surface area contributed by atoms with E-state index in [-0.39, 0.29) is 5.60 Å². The van der Waals surface area contributed by atoms with Gasteiger partial charge in [0.15, 0.2) is 0 Å². The number of hydrogen-bond acceptors (Lipinski definition) is 3. The molecule has 3 rings (SSSR count). The lowest BCUT2D eigenvalue weighted by atomic mass is 9.72. The highest BCUT2D eigenvalue weighted by atomic mass is 16.6. The van der Waals surface area contributed by atoms with Crippen molar-refractivity contribution >= 4 is 0 Å². The molecule has 0 aromatic carbocycles. The molecule has 2 aliphatic heterocycles. The highest BCUT2D eigenvalue weighted by Gasteiger charge is 2.47. The second-order valence-electron chi connectivity index (χ2n) is 7.71. The minimum Gasteiger partial charge on any atom is -0.390 e. The summed E-state index contributed by atoms with van der Waals surface area (Å²) in [5.74, 6) is 1.25. The molecular weight excluding hydrogens is 264 g/mol. The van der Waals surface area contributed by atoms with Crippen LogP contribution in [0.1, 0.15) is 71.1 Å². The second-order valence-corrected chi connectivity index (χ2v) is 7.71. The van der Waals surface area contributed by atoms with Gasteiger partial charge in [-0.3, -0.25) is 0 Å². The van der Waals surface area contributed by atoms with E-state index in [0.29, 0.717) is 5.92 Å². The van der Waals surface area contributed by atoms with Crippen LogP contribution in [0.3, 0.4) is 0 Å². The Kier molecular flexibility index (Phi) is 4.92. The zero-order valence-electron chi connectivity index (χ0n) is 13.6. The monoisotopic (exact) mass is 296 g/mol. The molecule has 4 atom stereocenters. The Morgan fingerprint density at radius 1 is 1.10 bits per heavy atom. The fourth-order valence-electron chi connectivity index (χ4n) is 4.88. The summed E-state index contributed by atoms with van der Waals surface area (Å²) in [4.78, 5) is 0. The van der Waals surface area contributed by atoms with Crippen molar-refractivity contribution in [3.63, 3.8) is 0 Å². The summed E-state index contributed by atoms with van der Waals surface area (Å²) in [6.45, 7) is 4.63. The quantitative estimate of drug-likeness (QED) is 0.807. The van der Waals surface area contributed by atoms with Gasteiger partial charge in [-0.25, -0.2) is 0 Å². The van der Waals surface area contributed by atoms with E-state index in [2.05, 4.69) is 6.92 Å². The van der Waals surface area contributed by atoms with Crippen LogP contribution in [0.2, 0.25) is 0 Å². The maximum absolute atomic E-state index is 11.3. The Bertz CT molecular complexity index is 337. The second kappa shape index (κ2) is 6.55. The van der Waals surface area contributed by atoms with E-state index >= 15 is 0 Å². The summed E-state index contributed by atoms with van der Waals surface area (Å²) < 4.78 is 11.6. The van der Waals surface area contributed by atoms with Gasteiger partial charge in [0.25, 0.3) is 0 Å². The fraction of sp³-hybridized carbons (Fsp3) is 1.00. The van der Waals surface area contributed by atoms with E-state index in [9.17, 15) is 5.11 Å². The number of hydrogen-bond donors (Lipinski definition) is 1. The van der Waals surface area contributed by atoms with E-state index in [0.717, 1.165) is 57.8 Å². The van der Waals surface area contributed by atoms with Gasteiger partial charge in [-0.05, 0) is 43.9 Å². The van der Waals surface area contributed by atoms with Crippen LogP contribution in [0.4, 0.5) is 0 Å². The Morgan fingerprint density at radius 3 is 2.76 bits per heavy atom. The molecule has 1 N–H and O–H groups in total. The molecule has 4 unspecified atom stereocenters. The van der Waals surface area contributed by atoms with Crippen LogP contribution in [-0.2, 0) is 9.47 Å². The lowest BCUT2D eigenvalue weighted by Gasteiger charge is -2.44. The summed E-state index contributed by atoms with van der Waals surface area (Å²) in [6.07, 6.45) is 11.4. The SMILES string of the molecule is CCCC1CCCC(O)(C2CCOC3(CCOC3)C2)CC1. The standard InChI is InChI=1S/C18H32O3/c1-2-4-15-5-3-8-18(19,9-6-15)16-7-11-21-17(13-16)10-12-20-14-17/h15-16,19H,2-14H2,1H3. The van der Waals surface area contributed by atoms with Gasteiger partial charge in [-0.2, -0.15) is 0 Å². The van der Waals surface area contributed by atoms with E-state index in [4.69, 9.17) is 9.47 Å².